The van der Waals surface area contributed by atoms with E-state index in [4.69, 9.17) is 4.42 Å². The summed E-state index contributed by atoms with van der Waals surface area (Å²) < 4.78 is 7.00. The lowest BCUT2D eigenvalue weighted by atomic mass is 10.3. The van der Waals surface area contributed by atoms with Crippen molar-refractivity contribution in [3.63, 3.8) is 0 Å². The molecule has 0 amide bonds. The van der Waals surface area contributed by atoms with Gasteiger partial charge >= 0.3 is 0 Å². The number of fused-ring (bicyclic) bond motifs is 1. The maximum Gasteiger partial charge on any atom is 0.154 e. The van der Waals surface area contributed by atoms with Gasteiger partial charge in [-0.05, 0) is 12.1 Å². The first-order valence-electron chi connectivity index (χ1n) is 4.89. The first-order chi connectivity index (χ1) is 7.86. The van der Waals surface area contributed by atoms with Crippen molar-refractivity contribution in [2.24, 2.45) is 0 Å². The standard InChI is InChI=1S/C11H9N3O2/c15-7-8-5-12-11-4-9(13-14(11)6-8)10-2-1-3-16-10/h1-5,7,12H,6H2. The summed E-state index contributed by atoms with van der Waals surface area (Å²) in [5.41, 5.74) is 1.43. The van der Waals surface area contributed by atoms with Gasteiger partial charge in [0.2, 0.25) is 0 Å². The highest BCUT2D eigenvalue weighted by Crippen LogP contribution is 2.24. The molecule has 0 radical (unpaired) electrons. The zero-order valence-corrected chi connectivity index (χ0v) is 8.38. The van der Waals surface area contributed by atoms with Crippen LogP contribution in [0.25, 0.3) is 11.5 Å². The molecule has 1 aliphatic rings. The van der Waals surface area contributed by atoms with E-state index in [-0.39, 0.29) is 0 Å². The number of aromatic nitrogens is 2. The Hall–Kier alpha value is -2.30. The van der Waals surface area contributed by atoms with Crippen LogP contribution in [0.4, 0.5) is 5.82 Å². The van der Waals surface area contributed by atoms with Crippen LogP contribution in [0.2, 0.25) is 0 Å². The second kappa shape index (κ2) is 3.37. The molecule has 0 atom stereocenters. The van der Waals surface area contributed by atoms with Gasteiger partial charge in [0.15, 0.2) is 5.76 Å². The Balaban J connectivity index is 1.98. The molecule has 0 saturated heterocycles. The fourth-order valence-electron chi connectivity index (χ4n) is 1.65. The lowest BCUT2D eigenvalue weighted by Gasteiger charge is -2.12. The molecule has 0 aromatic carbocycles. The highest BCUT2D eigenvalue weighted by molar-refractivity contribution is 5.75. The lowest BCUT2D eigenvalue weighted by molar-refractivity contribution is -0.105. The zero-order chi connectivity index (χ0) is 11.0. The molecule has 0 saturated carbocycles. The largest absolute Gasteiger partial charge is 0.463 e. The topological polar surface area (TPSA) is 60.1 Å². The third kappa shape index (κ3) is 1.33. The molecule has 3 rings (SSSR count). The Kier molecular flexibility index (Phi) is 1.89. The third-order valence-electron chi connectivity index (χ3n) is 2.44. The summed E-state index contributed by atoms with van der Waals surface area (Å²) in [5, 5.41) is 7.36. The highest BCUT2D eigenvalue weighted by atomic mass is 16.3. The van der Waals surface area contributed by atoms with Crippen LogP contribution in [-0.2, 0) is 11.3 Å². The minimum atomic E-state index is 0.493. The Morgan fingerprint density at radius 3 is 3.25 bits per heavy atom. The molecule has 0 aliphatic carbocycles. The number of hydrogen-bond acceptors (Lipinski definition) is 4. The van der Waals surface area contributed by atoms with Crippen molar-refractivity contribution in [2.45, 2.75) is 6.54 Å². The number of aldehydes is 1. The zero-order valence-electron chi connectivity index (χ0n) is 8.38. The molecule has 80 valence electrons. The van der Waals surface area contributed by atoms with Gasteiger partial charge in [0.1, 0.15) is 17.8 Å². The number of hydrogen-bond donors (Lipinski definition) is 1. The Labute approximate surface area is 91.4 Å². The van der Waals surface area contributed by atoms with E-state index >= 15 is 0 Å². The van der Waals surface area contributed by atoms with Gasteiger partial charge in [0.25, 0.3) is 0 Å². The normalized spacial score (nSPS) is 13.9. The molecular weight excluding hydrogens is 206 g/mol. The van der Waals surface area contributed by atoms with Gasteiger partial charge in [-0.2, -0.15) is 5.10 Å². The van der Waals surface area contributed by atoms with Gasteiger partial charge in [0.05, 0.1) is 12.8 Å². The van der Waals surface area contributed by atoms with E-state index in [1.165, 1.54) is 0 Å². The SMILES string of the molecule is O=CC1=CNc2cc(-c3ccco3)nn2C1. The Bertz CT molecular complexity index is 552. The minimum absolute atomic E-state index is 0.493. The molecule has 0 unspecified atom stereocenters. The van der Waals surface area contributed by atoms with Gasteiger partial charge in [-0.3, -0.25) is 4.79 Å². The Morgan fingerprint density at radius 2 is 2.50 bits per heavy atom. The van der Waals surface area contributed by atoms with E-state index in [9.17, 15) is 4.79 Å². The molecular formula is C11H9N3O2. The summed E-state index contributed by atoms with van der Waals surface area (Å²) in [6.45, 7) is 0.493. The van der Waals surface area contributed by atoms with Crippen LogP contribution in [0.15, 0.2) is 40.7 Å². The fraction of sp³-hybridized carbons (Fsp3) is 0.0909. The highest BCUT2D eigenvalue weighted by Gasteiger charge is 2.14. The van der Waals surface area contributed by atoms with Crippen LogP contribution in [0.1, 0.15) is 0 Å². The summed E-state index contributed by atoms with van der Waals surface area (Å²) in [4.78, 5) is 10.6. The minimum Gasteiger partial charge on any atom is -0.463 e. The molecule has 5 heteroatoms. The summed E-state index contributed by atoms with van der Waals surface area (Å²) in [7, 11) is 0. The molecule has 5 nitrogen and oxygen atoms in total. The van der Waals surface area contributed by atoms with Crippen molar-refractivity contribution in [2.75, 3.05) is 5.32 Å². The number of carbonyl (C=O) groups excluding carboxylic acids is 1. The summed E-state index contributed by atoms with van der Waals surface area (Å²) in [6, 6.07) is 5.55. The van der Waals surface area contributed by atoms with Crippen molar-refractivity contribution < 1.29 is 9.21 Å². The van der Waals surface area contributed by atoms with Crippen LogP contribution < -0.4 is 5.32 Å². The number of anilines is 1. The molecule has 1 aliphatic heterocycles. The van der Waals surface area contributed by atoms with E-state index in [1.807, 2.05) is 18.2 Å². The molecule has 16 heavy (non-hydrogen) atoms. The van der Waals surface area contributed by atoms with Crippen LogP contribution in [0, 0.1) is 0 Å². The van der Waals surface area contributed by atoms with Gasteiger partial charge in [0, 0.05) is 17.8 Å². The molecule has 2 aromatic rings. The predicted molar refractivity (Wildman–Crippen MR) is 57.7 cm³/mol. The van der Waals surface area contributed by atoms with Crippen LogP contribution in [-0.4, -0.2) is 16.1 Å². The van der Waals surface area contributed by atoms with Crippen LogP contribution >= 0.6 is 0 Å². The average molecular weight is 215 g/mol. The molecule has 3 heterocycles. The number of rotatable bonds is 2. The number of nitrogens with one attached hydrogen (secondary N) is 1. The lowest BCUT2D eigenvalue weighted by Crippen LogP contribution is -2.13. The molecule has 2 aromatic heterocycles. The molecule has 0 fully saturated rings. The first-order valence-corrected chi connectivity index (χ1v) is 4.89. The number of allylic oxidation sites excluding steroid dienone is 1. The van der Waals surface area contributed by atoms with Crippen molar-refractivity contribution in [3.8, 4) is 11.5 Å². The average Bonchev–Trinajstić information content (AvgIpc) is 2.96. The summed E-state index contributed by atoms with van der Waals surface area (Å²) >= 11 is 0. The maximum atomic E-state index is 10.6. The van der Waals surface area contributed by atoms with Gasteiger partial charge in [-0.1, -0.05) is 0 Å². The summed E-state index contributed by atoms with van der Waals surface area (Å²) in [6.07, 6.45) is 4.12. The van der Waals surface area contributed by atoms with E-state index in [2.05, 4.69) is 10.4 Å². The van der Waals surface area contributed by atoms with Gasteiger partial charge in [-0.15, -0.1) is 0 Å². The van der Waals surface area contributed by atoms with Crippen LogP contribution in [0.3, 0.4) is 0 Å². The molecule has 0 spiro atoms. The summed E-state index contributed by atoms with van der Waals surface area (Å²) in [5.74, 6) is 1.58. The smallest absolute Gasteiger partial charge is 0.154 e. The monoisotopic (exact) mass is 215 g/mol. The predicted octanol–water partition coefficient (Wildman–Crippen LogP) is 1.65. The van der Waals surface area contributed by atoms with E-state index < -0.39 is 0 Å². The van der Waals surface area contributed by atoms with Crippen molar-refractivity contribution in [1.29, 1.82) is 0 Å². The van der Waals surface area contributed by atoms with Gasteiger partial charge in [-0.25, -0.2) is 4.68 Å². The number of furan rings is 1. The Morgan fingerprint density at radius 1 is 1.56 bits per heavy atom. The van der Waals surface area contributed by atoms with E-state index in [0.29, 0.717) is 12.1 Å². The van der Waals surface area contributed by atoms with Crippen LogP contribution in [0.5, 0.6) is 0 Å². The van der Waals surface area contributed by atoms with Gasteiger partial charge < -0.3 is 9.73 Å². The van der Waals surface area contributed by atoms with E-state index in [1.54, 1.807) is 17.1 Å². The first kappa shape index (κ1) is 8.96. The third-order valence-corrected chi connectivity index (χ3v) is 2.44. The quantitative estimate of drug-likeness (QED) is 0.774. The van der Waals surface area contributed by atoms with Crippen molar-refractivity contribution >= 4 is 12.1 Å². The van der Waals surface area contributed by atoms with Crippen molar-refractivity contribution in [3.05, 3.63) is 36.2 Å². The number of nitrogens with zero attached hydrogens (tertiary/aromatic N) is 2. The number of carbonyl (C=O) groups is 1. The molecule has 1 N–H and O–H groups in total. The second-order valence-electron chi connectivity index (χ2n) is 3.53. The fourth-order valence-corrected chi connectivity index (χ4v) is 1.65. The van der Waals surface area contributed by atoms with E-state index in [0.717, 1.165) is 23.6 Å². The molecule has 0 bridgehead atoms. The second-order valence-corrected chi connectivity index (χ2v) is 3.53. The maximum absolute atomic E-state index is 10.6. The van der Waals surface area contributed by atoms with Crippen molar-refractivity contribution in [1.82, 2.24) is 9.78 Å².